The number of benzene rings is 1. The zero-order chi connectivity index (χ0) is 13.1. The van der Waals surface area contributed by atoms with Gasteiger partial charge in [-0.1, -0.05) is 12.1 Å². The third-order valence-electron chi connectivity index (χ3n) is 3.10. The van der Waals surface area contributed by atoms with Gasteiger partial charge in [0.1, 0.15) is 0 Å². The van der Waals surface area contributed by atoms with Crippen molar-refractivity contribution >= 4 is 28.6 Å². The van der Waals surface area contributed by atoms with Crippen LogP contribution in [0.2, 0.25) is 0 Å². The average molecular weight is 267 g/mol. The molecule has 0 bridgehead atoms. The van der Waals surface area contributed by atoms with E-state index in [1.807, 2.05) is 12.1 Å². The molecule has 0 saturated heterocycles. The lowest BCUT2D eigenvalue weighted by atomic mass is 9.99. The van der Waals surface area contributed by atoms with Crippen LogP contribution < -0.4 is 5.32 Å². The Morgan fingerprint density at radius 3 is 2.94 bits per heavy atom. The minimum Gasteiger partial charge on any atom is -0.332 e. The van der Waals surface area contributed by atoms with Gasteiger partial charge in [0.15, 0.2) is 0 Å². The number of nitrogens with one attached hydrogen (secondary N) is 1. The lowest BCUT2D eigenvalue weighted by Gasteiger charge is -2.18. The van der Waals surface area contributed by atoms with E-state index in [9.17, 15) is 9.59 Å². The highest BCUT2D eigenvalue weighted by Crippen LogP contribution is 2.23. The van der Waals surface area contributed by atoms with Crippen LogP contribution in [0.3, 0.4) is 0 Å². The first-order valence-electron chi connectivity index (χ1n) is 5.88. The Labute approximate surface area is 111 Å². The van der Waals surface area contributed by atoms with Crippen LogP contribution in [0, 0.1) is 0 Å². The van der Waals surface area contributed by atoms with Crippen LogP contribution in [0.5, 0.6) is 0 Å². The Morgan fingerprint density at radius 2 is 2.22 bits per heavy atom. The SMILES string of the molecule is CN(CCc1ccc2c(c1)CCC(=O)N2)C(=O)Cl. The normalized spacial score (nSPS) is 13.8. The fourth-order valence-electron chi connectivity index (χ4n) is 1.98. The van der Waals surface area contributed by atoms with Gasteiger partial charge in [-0.25, -0.2) is 0 Å². The second-order valence-electron chi connectivity index (χ2n) is 4.46. The van der Waals surface area contributed by atoms with Crippen molar-refractivity contribution in [3.63, 3.8) is 0 Å². The summed E-state index contributed by atoms with van der Waals surface area (Å²) in [7, 11) is 1.67. The number of carbonyl (C=O) groups is 2. The maximum Gasteiger partial charge on any atom is 0.316 e. The second-order valence-corrected chi connectivity index (χ2v) is 4.79. The smallest absolute Gasteiger partial charge is 0.316 e. The number of amides is 2. The Hall–Kier alpha value is -1.55. The van der Waals surface area contributed by atoms with Crippen molar-refractivity contribution in [3.8, 4) is 0 Å². The van der Waals surface area contributed by atoms with Gasteiger partial charge in [0, 0.05) is 25.7 Å². The van der Waals surface area contributed by atoms with Crippen molar-refractivity contribution in [2.24, 2.45) is 0 Å². The predicted molar refractivity (Wildman–Crippen MR) is 71.0 cm³/mol. The summed E-state index contributed by atoms with van der Waals surface area (Å²) in [6.07, 6.45) is 2.08. The van der Waals surface area contributed by atoms with Crippen molar-refractivity contribution in [2.75, 3.05) is 18.9 Å². The largest absolute Gasteiger partial charge is 0.332 e. The van der Waals surface area contributed by atoms with E-state index in [1.165, 1.54) is 4.90 Å². The number of likely N-dealkylation sites (N-methyl/N-ethyl adjacent to an activating group) is 1. The fraction of sp³-hybridized carbons (Fsp3) is 0.385. The number of carbonyl (C=O) groups excluding carboxylic acids is 2. The Balaban J connectivity index is 2.03. The van der Waals surface area contributed by atoms with E-state index in [2.05, 4.69) is 11.4 Å². The first-order chi connectivity index (χ1) is 8.56. The number of anilines is 1. The van der Waals surface area contributed by atoms with Crippen molar-refractivity contribution in [3.05, 3.63) is 29.3 Å². The summed E-state index contributed by atoms with van der Waals surface area (Å²) < 4.78 is 0. The topological polar surface area (TPSA) is 49.4 Å². The van der Waals surface area contributed by atoms with Gasteiger partial charge in [-0.15, -0.1) is 0 Å². The van der Waals surface area contributed by atoms with Crippen molar-refractivity contribution in [1.82, 2.24) is 4.90 Å². The monoisotopic (exact) mass is 266 g/mol. The Morgan fingerprint density at radius 1 is 1.44 bits per heavy atom. The Bertz CT molecular complexity index is 488. The first kappa shape index (κ1) is 12.9. The van der Waals surface area contributed by atoms with Crippen LogP contribution in [0.1, 0.15) is 17.5 Å². The number of rotatable bonds is 3. The highest BCUT2D eigenvalue weighted by Gasteiger charge is 2.14. The highest BCUT2D eigenvalue weighted by atomic mass is 35.5. The molecule has 0 radical (unpaired) electrons. The average Bonchev–Trinajstić information content (AvgIpc) is 2.35. The zero-order valence-corrected chi connectivity index (χ0v) is 11.0. The summed E-state index contributed by atoms with van der Waals surface area (Å²) in [6, 6.07) is 5.97. The fourth-order valence-corrected chi connectivity index (χ4v) is 2.06. The van der Waals surface area contributed by atoms with Crippen molar-refractivity contribution in [1.29, 1.82) is 0 Å². The number of hydrogen-bond acceptors (Lipinski definition) is 2. The standard InChI is InChI=1S/C13H15ClN2O2/c1-16(13(14)18)7-6-9-2-4-11-10(8-9)3-5-12(17)15-11/h2,4,8H,3,5-7H2,1H3,(H,15,17). The van der Waals surface area contributed by atoms with E-state index in [1.54, 1.807) is 7.05 Å². The minimum atomic E-state index is -0.444. The molecule has 0 unspecified atom stereocenters. The number of nitrogens with zero attached hydrogens (tertiary/aromatic N) is 1. The molecule has 2 rings (SSSR count). The molecule has 0 atom stereocenters. The molecule has 5 heteroatoms. The van der Waals surface area contributed by atoms with Crippen LogP contribution in [0.4, 0.5) is 10.5 Å². The molecule has 96 valence electrons. The van der Waals surface area contributed by atoms with Crippen LogP contribution >= 0.6 is 11.6 Å². The maximum atomic E-state index is 11.2. The maximum absolute atomic E-state index is 11.2. The number of hydrogen-bond donors (Lipinski definition) is 1. The van der Waals surface area contributed by atoms with E-state index in [4.69, 9.17) is 11.6 Å². The van der Waals surface area contributed by atoms with Gasteiger partial charge in [-0.2, -0.15) is 0 Å². The summed E-state index contributed by atoms with van der Waals surface area (Å²) >= 11 is 5.37. The molecule has 1 heterocycles. The summed E-state index contributed by atoms with van der Waals surface area (Å²) in [6.45, 7) is 0.591. The van der Waals surface area contributed by atoms with Crippen LogP contribution in [-0.4, -0.2) is 29.8 Å². The lowest BCUT2D eigenvalue weighted by Crippen LogP contribution is -2.23. The van der Waals surface area contributed by atoms with Gasteiger partial charge in [0.25, 0.3) is 0 Å². The molecule has 0 aliphatic carbocycles. The number of halogens is 1. The molecule has 0 aromatic heterocycles. The van der Waals surface area contributed by atoms with Gasteiger partial charge in [0.2, 0.25) is 5.91 Å². The second kappa shape index (κ2) is 5.40. The first-order valence-corrected chi connectivity index (χ1v) is 6.26. The van der Waals surface area contributed by atoms with E-state index in [0.717, 1.165) is 29.7 Å². The minimum absolute atomic E-state index is 0.0720. The molecule has 4 nitrogen and oxygen atoms in total. The number of aryl methyl sites for hydroxylation is 1. The van der Waals surface area contributed by atoms with Gasteiger partial charge in [-0.3, -0.25) is 9.59 Å². The summed E-state index contributed by atoms with van der Waals surface area (Å²) in [4.78, 5) is 23.6. The van der Waals surface area contributed by atoms with Gasteiger partial charge in [-0.05, 0) is 41.6 Å². The Kier molecular flexibility index (Phi) is 3.87. The molecular formula is C13H15ClN2O2. The molecule has 1 aromatic rings. The van der Waals surface area contributed by atoms with Crippen molar-refractivity contribution < 1.29 is 9.59 Å². The summed E-state index contributed by atoms with van der Waals surface area (Å²) in [5.74, 6) is 0.0720. The molecule has 1 N–H and O–H groups in total. The molecule has 0 saturated carbocycles. The number of fused-ring (bicyclic) bond motifs is 1. The molecule has 1 aliphatic heterocycles. The molecule has 18 heavy (non-hydrogen) atoms. The van der Waals surface area contributed by atoms with Crippen molar-refractivity contribution in [2.45, 2.75) is 19.3 Å². The predicted octanol–water partition coefficient (Wildman–Crippen LogP) is 2.40. The summed E-state index contributed by atoms with van der Waals surface area (Å²) in [5, 5.41) is 2.40. The molecular weight excluding hydrogens is 252 g/mol. The molecule has 1 aromatic carbocycles. The van der Waals surface area contributed by atoms with Crippen LogP contribution in [0.15, 0.2) is 18.2 Å². The highest BCUT2D eigenvalue weighted by molar-refractivity contribution is 6.62. The quantitative estimate of drug-likeness (QED) is 0.675. The van der Waals surface area contributed by atoms with E-state index in [0.29, 0.717) is 13.0 Å². The molecule has 2 amide bonds. The van der Waals surface area contributed by atoms with Gasteiger partial charge >= 0.3 is 5.37 Å². The third-order valence-corrected chi connectivity index (χ3v) is 3.39. The van der Waals surface area contributed by atoms with Crippen LogP contribution in [-0.2, 0) is 17.6 Å². The zero-order valence-electron chi connectivity index (χ0n) is 10.2. The molecule has 0 spiro atoms. The molecule has 0 fully saturated rings. The van der Waals surface area contributed by atoms with Gasteiger partial charge in [0.05, 0.1) is 0 Å². The van der Waals surface area contributed by atoms with Crippen LogP contribution in [0.25, 0.3) is 0 Å². The molecule has 1 aliphatic rings. The summed E-state index contributed by atoms with van der Waals surface area (Å²) in [5.41, 5.74) is 3.21. The van der Waals surface area contributed by atoms with E-state index >= 15 is 0 Å². The third kappa shape index (κ3) is 3.01. The van der Waals surface area contributed by atoms with E-state index < -0.39 is 5.37 Å². The van der Waals surface area contributed by atoms with E-state index in [-0.39, 0.29) is 5.91 Å². The van der Waals surface area contributed by atoms with Gasteiger partial charge < -0.3 is 10.2 Å². The lowest BCUT2D eigenvalue weighted by molar-refractivity contribution is -0.116.